The summed E-state index contributed by atoms with van der Waals surface area (Å²) in [7, 11) is -3.36. The summed E-state index contributed by atoms with van der Waals surface area (Å²) >= 11 is 4.62. The zero-order chi connectivity index (χ0) is 16.4. The molecule has 0 saturated carbocycles. The van der Waals surface area contributed by atoms with Gasteiger partial charge in [0.05, 0.1) is 0 Å². The Labute approximate surface area is 147 Å². The number of piperazine rings is 1. The summed E-state index contributed by atoms with van der Waals surface area (Å²) < 4.78 is 40.7. The third-order valence-corrected chi connectivity index (χ3v) is 7.84. The number of hydrogen-bond donors (Lipinski definition) is 0. The first-order valence-corrected chi connectivity index (χ1v) is 10.3. The SMILES string of the molecule is O=S(=O)(c1cccs1)N1CCN(Cc2ccc(F)cc2Br)CC1. The molecule has 1 aromatic heterocycles. The lowest BCUT2D eigenvalue weighted by Gasteiger charge is -2.33. The minimum atomic E-state index is -3.36. The first-order chi connectivity index (χ1) is 11.0. The molecule has 8 heteroatoms. The lowest BCUT2D eigenvalue weighted by Crippen LogP contribution is -2.48. The van der Waals surface area contributed by atoms with Crippen LogP contribution in [0.3, 0.4) is 0 Å². The van der Waals surface area contributed by atoms with Gasteiger partial charge in [-0.2, -0.15) is 4.31 Å². The van der Waals surface area contributed by atoms with Gasteiger partial charge in [-0.3, -0.25) is 4.90 Å². The van der Waals surface area contributed by atoms with E-state index in [0.717, 1.165) is 10.0 Å². The summed E-state index contributed by atoms with van der Waals surface area (Å²) in [5.74, 6) is -0.271. The molecule has 23 heavy (non-hydrogen) atoms. The maximum Gasteiger partial charge on any atom is 0.252 e. The van der Waals surface area contributed by atoms with Crippen LogP contribution in [0, 0.1) is 5.82 Å². The van der Waals surface area contributed by atoms with Crippen LogP contribution in [-0.2, 0) is 16.6 Å². The molecule has 0 amide bonds. The molecule has 0 unspecified atom stereocenters. The first-order valence-electron chi connectivity index (χ1n) is 7.17. The molecule has 0 bridgehead atoms. The van der Waals surface area contributed by atoms with E-state index < -0.39 is 10.0 Å². The molecule has 0 spiro atoms. The normalized spacial score (nSPS) is 17.5. The van der Waals surface area contributed by atoms with Crippen molar-refractivity contribution < 1.29 is 12.8 Å². The predicted molar refractivity (Wildman–Crippen MR) is 92.5 cm³/mol. The molecule has 1 fully saturated rings. The van der Waals surface area contributed by atoms with E-state index in [-0.39, 0.29) is 5.82 Å². The Morgan fingerprint density at radius 1 is 1.17 bits per heavy atom. The molecule has 1 aliphatic heterocycles. The molecule has 1 aliphatic rings. The predicted octanol–water partition coefficient (Wildman–Crippen LogP) is 3.16. The Hall–Kier alpha value is -0.800. The van der Waals surface area contributed by atoms with Crippen molar-refractivity contribution in [3.63, 3.8) is 0 Å². The van der Waals surface area contributed by atoms with Gasteiger partial charge in [-0.1, -0.05) is 28.1 Å². The average molecular weight is 419 g/mol. The van der Waals surface area contributed by atoms with Crippen LogP contribution in [-0.4, -0.2) is 43.8 Å². The molecule has 0 radical (unpaired) electrons. The van der Waals surface area contributed by atoms with Gasteiger partial charge in [-0.05, 0) is 29.1 Å². The zero-order valence-corrected chi connectivity index (χ0v) is 15.5. The van der Waals surface area contributed by atoms with E-state index in [2.05, 4.69) is 20.8 Å². The van der Waals surface area contributed by atoms with Crippen molar-refractivity contribution in [2.24, 2.45) is 0 Å². The lowest BCUT2D eigenvalue weighted by atomic mass is 10.2. The molecule has 0 aliphatic carbocycles. The van der Waals surface area contributed by atoms with E-state index in [4.69, 9.17) is 0 Å². The third-order valence-electron chi connectivity index (χ3n) is 3.83. The quantitative estimate of drug-likeness (QED) is 0.765. The molecule has 1 aromatic carbocycles. The number of benzene rings is 1. The van der Waals surface area contributed by atoms with Crippen molar-refractivity contribution in [1.29, 1.82) is 0 Å². The van der Waals surface area contributed by atoms with Gasteiger partial charge in [-0.15, -0.1) is 11.3 Å². The van der Waals surface area contributed by atoms with E-state index in [1.165, 1.54) is 27.8 Å². The second-order valence-corrected chi connectivity index (χ2v) is 9.31. The van der Waals surface area contributed by atoms with Gasteiger partial charge in [0.15, 0.2) is 0 Å². The van der Waals surface area contributed by atoms with Crippen LogP contribution in [0.2, 0.25) is 0 Å². The summed E-state index contributed by atoms with van der Waals surface area (Å²) in [5, 5.41) is 1.77. The fourth-order valence-corrected chi connectivity index (χ4v) is 5.60. The van der Waals surface area contributed by atoms with Gasteiger partial charge in [-0.25, -0.2) is 12.8 Å². The number of rotatable bonds is 4. The molecule has 2 aromatic rings. The molecule has 4 nitrogen and oxygen atoms in total. The van der Waals surface area contributed by atoms with Crippen LogP contribution in [0.15, 0.2) is 44.4 Å². The molecule has 3 rings (SSSR count). The number of hydrogen-bond acceptors (Lipinski definition) is 4. The van der Waals surface area contributed by atoms with Crippen molar-refractivity contribution in [2.75, 3.05) is 26.2 Å². The zero-order valence-electron chi connectivity index (χ0n) is 12.3. The van der Waals surface area contributed by atoms with Gasteiger partial charge in [0, 0.05) is 37.2 Å². The van der Waals surface area contributed by atoms with Gasteiger partial charge >= 0.3 is 0 Å². The number of sulfonamides is 1. The Morgan fingerprint density at radius 3 is 2.52 bits per heavy atom. The van der Waals surface area contributed by atoms with Crippen molar-refractivity contribution in [3.05, 3.63) is 51.6 Å². The topological polar surface area (TPSA) is 40.6 Å². The van der Waals surface area contributed by atoms with Crippen LogP contribution < -0.4 is 0 Å². The van der Waals surface area contributed by atoms with E-state index in [0.29, 0.717) is 36.9 Å². The minimum absolute atomic E-state index is 0.271. The molecular weight excluding hydrogens is 403 g/mol. The van der Waals surface area contributed by atoms with Gasteiger partial charge in [0.1, 0.15) is 10.0 Å². The Bertz CT molecular complexity index is 773. The Morgan fingerprint density at radius 2 is 1.91 bits per heavy atom. The van der Waals surface area contributed by atoms with Crippen LogP contribution in [0.4, 0.5) is 4.39 Å². The number of halogens is 2. The molecule has 0 atom stereocenters. The highest BCUT2D eigenvalue weighted by molar-refractivity contribution is 9.10. The Kier molecular flexibility index (Phi) is 5.17. The van der Waals surface area contributed by atoms with Gasteiger partial charge in [0.2, 0.25) is 0 Å². The highest BCUT2D eigenvalue weighted by Crippen LogP contribution is 2.24. The van der Waals surface area contributed by atoms with Crippen molar-refractivity contribution in [1.82, 2.24) is 9.21 Å². The van der Waals surface area contributed by atoms with Crippen LogP contribution in [0.25, 0.3) is 0 Å². The van der Waals surface area contributed by atoms with Crippen LogP contribution >= 0.6 is 27.3 Å². The van der Waals surface area contributed by atoms with Crippen LogP contribution in [0.1, 0.15) is 5.56 Å². The smallest absolute Gasteiger partial charge is 0.252 e. The summed E-state index contributed by atoms with van der Waals surface area (Å²) in [5.41, 5.74) is 1.00. The fourth-order valence-electron chi connectivity index (χ4n) is 2.56. The Balaban J connectivity index is 1.62. The fraction of sp³-hybridized carbons (Fsp3) is 0.333. The minimum Gasteiger partial charge on any atom is -0.296 e. The highest BCUT2D eigenvalue weighted by Gasteiger charge is 2.29. The standard InChI is InChI=1S/C15H16BrFN2O2S2/c16-14-10-13(17)4-3-12(14)11-18-5-7-19(8-6-18)23(20,21)15-2-1-9-22-15/h1-4,9-10H,5-8,11H2. The van der Waals surface area contributed by atoms with E-state index in [9.17, 15) is 12.8 Å². The molecule has 1 saturated heterocycles. The maximum absolute atomic E-state index is 13.1. The van der Waals surface area contributed by atoms with Crippen LogP contribution in [0.5, 0.6) is 0 Å². The molecule has 2 heterocycles. The summed E-state index contributed by atoms with van der Waals surface area (Å²) in [4.78, 5) is 2.18. The maximum atomic E-state index is 13.1. The molecule has 124 valence electrons. The number of thiophene rings is 1. The average Bonchev–Trinajstić information content (AvgIpc) is 3.06. The van der Waals surface area contributed by atoms with E-state index >= 15 is 0 Å². The summed E-state index contributed by atoms with van der Waals surface area (Å²) in [6.45, 7) is 2.94. The van der Waals surface area contributed by atoms with Crippen molar-refractivity contribution >= 4 is 37.3 Å². The van der Waals surface area contributed by atoms with Crippen molar-refractivity contribution in [2.45, 2.75) is 10.8 Å². The largest absolute Gasteiger partial charge is 0.296 e. The van der Waals surface area contributed by atoms with Gasteiger partial charge in [0.25, 0.3) is 10.0 Å². The highest BCUT2D eigenvalue weighted by atomic mass is 79.9. The second-order valence-electron chi connectivity index (χ2n) is 5.35. The second kappa shape index (κ2) is 6.98. The lowest BCUT2D eigenvalue weighted by molar-refractivity contribution is 0.181. The van der Waals surface area contributed by atoms with E-state index in [1.54, 1.807) is 23.6 Å². The third kappa shape index (κ3) is 3.83. The number of nitrogens with zero attached hydrogens (tertiary/aromatic N) is 2. The summed E-state index contributed by atoms with van der Waals surface area (Å²) in [6, 6.07) is 8.04. The first kappa shape index (κ1) is 17.0. The van der Waals surface area contributed by atoms with E-state index in [1.807, 2.05) is 0 Å². The molecular formula is C15H16BrFN2O2S2. The molecule has 0 N–H and O–H groups in total. The van der Waals surface area contributed by atoms with Crippen molar-refractivity contribution in [3.8, 4) is 0 Å². The van der Waals surface area contributed by atoms with Gasteiger partial charge < -0.3 is 0 Å². The monoisotopic (exact) mass is 418 g/mol. The summed E-state index contributed by atoms with van der Waals surface area (Å²) in [6.07, 6.45) is 0.